The molecule has 104 valence electrons. The van der Waals surface area contributed by atoms with Crippen LogP contribution in [0.1, 0.15) is 18.1 Å². The van der Waals surface area contributed by atoms with Gasteiger partial charge in [-0.1, -0.05) is 30.3 Å². The third kappa shape index (κ3) is 5.68. The summed E-state index contributed by atoms with van der Waals surface area (Å²) >= 11 is 0. The van der Waals surface area contributed by atoms with Gasteiger partial charge in [0.25, 0.3) is 0 Å². The molecule has 0 atom stereocenters. The topological polar surface area (TPSA) is 47.6 Å². The predicted molar refractivity (Wildman–Crippen MR) is 74.6 cm³/mol. The van der Waals surface area contributed by atoms with Crippen LogP contribution < -0.4 is 5.32 Å². The van der Waals surface area contributed by atoms with Crippen LogP contribution >= 0.6 is 0 Å². The summed E-state index contributed by atoms with van der Waals surface area (Å²) in [7, 11) is 3.07. The number of nitrogens with one attached hydrogen (secondary N) is 1. The van der Waals surface area contributed by atoms with Crippen molar-refractivity contribution < 1.29 is 14.3 Å². The van der Waals surface area contributed by atoms with Crippen LogP contribution in [-0.2, 0) is 27.4 Å². The van der Waals surface area contributed by atoms with Gasteiger partial charge in [0.05, 0.1) is 13.7 Å². The van der Waals surface area contributed by atoms with Gasteiger partial charge in [0.1, 0.15) is 0 Å². The Labute approximate surface area is 114 Å². The van der Waals surface area contributed by atoms with Crippen molar-refractivity contribution in [3.05, 3.63) is 47.0 Å². The molecule has 0 saturated carbocycles. The lowest BCUT2D eigenvalue weighted by Gasteiger charge is -2.05. The first kappa shape index (κ1) is 15.4. The molecule has 0 aromatic heterocycles. The second-order valence-corrected chi connectivity index (χ2v) is 4.26. The van der Waals surface area contributed by atoms with E-state index in [1.54, 1.807) is 14.0 Å². The fraction of sp³-hybridized carbons (Fsp3) is 0.400. The van der Waals surface area contributed by atoms with Gasteiger partial charge in [0.15, 0.2) is 0 Å². The average molecular weight is 263 g/mol. The molecule has 1 N–H and O–H groups in total. The fourth-order valence-electron chi connectivity index (χ4n) is 1.68. The predicted octanol–water partition coefficient (Wildman–Crippen LogP) is 2.04. The standard InChI is InChI=1S/C15H21NO3/c1-12(15(17)19-3)7-8-16-10-13-5-4-6-14(9-13)11-18-2/h4-7,9,16H,8,10-11H2,1-3H3/b12-7-. The molecule has 0 saturated heterocycles. The Morgan fingerprint density at radius 3 is 2.74 bits per heavy atom. The van der Waals surface area contributed by atoms with E-state index in [4.69, 9.17) is 4.74 Å². The summed E-state index contributed by atoms with van der Waals surface area (Å²) in [6.45, 7) is 3.75. The number of carbonyl (C=O) groups excluding carboxylic acids is 1. The molecule has 0 bridgehead atoms. The molecule has 0 unspecified atom stereocenters. The number of carbonyl (C=O) groups is 1. The van der Waals surface area contributed by atoms with Gasteiger partial charge < -0.3 is 14.8 Å². The van der Waals surface area contributed by atoms with Crippen molar-refractivity contribution in [1.82, 2.24) is 5.32 Å². The van der Waals surface area contributed by atoms with E-state index in [1.165, 1.54) is 12.7 Å². The van der Waals surface area contributed by atoms with E-state index in [0.717, 1.165) is 12.1 Å². The van der Waals surface area contributed by atoms with Crippen LogP contribution in [0.3, 0.4) is 0 Å². The van der Waals surface area contributed by atoms with Crippen LogP contribution in [0.25, 0.3) is 0 Å². The van der Waals surface area contributed by atoms with Crippen LogP contribution in [0, 0.1) is 0 Å². The number of rotatable bonds is 7. The molecule has 0 radical (unpaired) electrons. The van der Waals surface area contributed by atoms with E-state index in [2.05, 4.69) is 22.2 Å². The lowest BCUT2D eigenvalue weighted by Crippen LogP contribution is -2.14. The first-order chi connectivity index (χ1) is 9.17. The van der Waals surface area contributed by atoms with E-state index >= 15 is 0 Å². The Kier molecular flexibility index (Phi) is 6.85. The number of benzene rings is 1. The summed E-state index contributed by atoms with van der Waals surface area (Å²) in [6.07, 6.45) is 1.82. The van der Waals surface area contributed by atoms with Crippen LogP contribution in [-0.4, -0.2) is 26.7 Å². The highest BCUT2D eigenvalue weighted by molar-refractivity contribution is 5.87. The van der Waals surface area contributed by atoms with Crippen LogP contribution in [0.4, 0.5) is 0 Å². The first-order valence-electron chi connectivity index (χ1n) is 6.20. The molecule has 0 aliphatic rings. The van der Waals surface area contributed by atoms with Gasteiger partial charge in [0.2, 0.25) is 0 Å². The molecule has 4 heteroatoms. The summed E-state index contributed by atoms with van der Waals surface area (Å²) in [6, 6.07) is 8.21. The van der Waals surface area contributed by atoms with E-state index in [9.17, 15) is 4.79 Å². The normalized spacial score (nSPS) is 11.4. The molecule has 0 spiro atoms. The zero-order chi connectivity index (χ0) is 14.1. The summed E-state index contributed by atoms with van der Waals surface area (Å²) in [5.74, 6) is -0.288. The van der Waals surface area contributed by atoms with E-state index in [0.29, 0.717) is 18.7 Å². The van der Waals surface area contributed by atoms with Crippen molar-refractivity contribution in [2.45, 2.75) is 20.1 Å². The highest BCUT2D eigenvalue weighted by Gasteiger charge is 2.01. The highest BCUT2D eigenvalue weighted by atomic mass is 16.5. The van der Waals surface area contributed by atoms with Crippen LogP contribution in [0.5, 0.6) is 0 Å². The summed E-state index contributed by atoms with van der Waals surface area (Å²) < 4.78 is 9.72. The molecule has 0 fully saturated rings. The number of esters is 1. The lowest BCUT2D eigenvalue weighted by atomic mass is 10.1. The maximum Gasteiger partial charge on any atom is 0.333 e. The monoisotopic (exact) mass is 263 g/mol. The minimum absolute atomic E-state index is 0.288. The van der Waals surface area contributed by atoms with Crippen molar-refractivity contribution in [3.8, 4) is 0 Å². The fourth-order valence-corrected chi connectivity index (χ4v) is 1.68. The van der Waals surface area contributed by atoms with Crippen molar-refractivity contribution in [2.24, 2.45) is 0 Å². The van der Waals surface area contributed by atoms with E-state index in [1.807, 2.05) is 18.2 Å². The zero-order valence-corrected chi connectivity index (χ0v) is 11.7. The molecule has 19 heavy (non-hydrogen) atoms. The quantitative estimate of drug-likeness (QED) is 0.464. The maximum absolute atomic E-state index is 11.2. The molecule has 0 amide bonds. The Morgan fingerprint density at radius 1 is 1.32 bits per heavy atom. The number of ether oxygens (including phenoxy) is 2. The molecule has 0 heterocycles. The third-order valence-corrected chi connectivity index (χ3v) is 2.69. The lowest BCUT2D eigenvalue weighted by molar-refractivity contribution is -0.136. The van der Waals surface area contributed by atoms with Gasteiger partial charge in [-0.25, -0.2) is 4.79 Å². The minimum atomic E-state index is -0.288. The molecule has 1 aromatic rings. The van der Waals surface area contributed by atoms with Gasteiger partial charge in [-0.3, -0.25) is 0 Å². The molecule has 0 aliphatic heterocycles. The Balaban J connectivity index is 2.41. The Bertz CT molecular complexity index is 441. The summed E-state index contributed by atoms with van der Waals surface area (Å²) in [5, 5.41) is 3.26. The number of hydrogen-bond acceptors (Lipinski definition) is 4. The second kappa shape index (κ2) is 8.45. The van der Waals surface area contributed by atoms with Crippen LogP contribution in [0.2, 0.25) is 0 Å². The SMILES string of the molecule is COCc1cccc(CNC/C=C(/C)C(=O)OC)c1. The van der Waals surface area contributed by atoms with Gasteiger partial charge in [-0.2, -0.15) is 0 Å². The van der Waals surface area contributed by atoms with Gasteiger partial charge in [-0.15, -0.1) is 0 Å². The third-order valence-electron chi connectivity index (χ3n) is 2.69. The highest BCUT2D eigenvalue weighted by Crippen LogP contribution is 2.06. The van der Waals surface area contributed by atoms with Gasteiger partial charge in [-0.05, 0) is 18.1 Å². The van der Waals surface area contributed by atoms with Crippen molar-refractivity contribution >= 4 is 5.97 Å². The molecule has 4 nitrogen and oxygen atoms in total. The summed E-state index contributed by atoms with van der Waals surface area (Å²) in [5.41, 5.74) is 2.96. The molecule has 1 aromatic carbocycles. The second-order valence-electron chi connectivity index (χ2n) is 4.26. The molecular formula is C15H21NO3. The van der Waals surface area contributed by atoms with Crippen molar-refractivity contribution in [2.75, 3.05) is 20.8 Å². The van der Waals surface area contributed by atoms with E-state index in [-0.39, 0.29) is 5.97 Å². The summed E-state index contributed by atoms with van der Waals surface area (Å²) in [4.78, 5) is 11.2. The van der Waals surface area contributed by atoms with Crippen molar-refractivity contribution in [3.63, 3.8) is 0 Å². The molecular weight excluding hydrogens is 242 g/mol. The number of methoxy groups -OCH3 is 2. The smallest absolute Gasteiger partial charge is 0.333 e. The van der Waals surface area contributed by atoms with Crippen molar-refractivity contribution in [1.29, 1.82) is 0 Å². The van der Waals surface area contributed by atoms with Crippen LogP contribution in [0.15, 0.2) is 35.9 Å². The van der Waals surface area contributed by atoms with Gasteiger partial charge >= 0.3 is 5.97 Å². The Hall–Kier alpha value is -1.65. The Morgan fingerprint density at radius 2 is 2.05 bits per heavy atom. The maximum atomic E-state index is 11.2. The average Bonchev–Trinajstić information content (AvgIpc) is 2.43. The number of hydrogen-bond donors (Lipinski definition) is 1. The van der Waals surface area contributed by atoms with Gasteiger partial charge in [0, 0.05) is 25.8 Å². The molecule has 1 rings (SSSR count). The minimum Gasteiger partial charge on any atom is -0.466 e. The molecule has 0 aliphatic carbocycles. The largest absolute Gasteiger partial charge is 0.466 e. The van der Waals surface area contributed by atoms with E-state index < -0.39 is 0 Å². The first-order valence-corrected chi connectivity index (χ1v) is 6.20. The zero-order valence-electron chi connectivity index (χ0n) is 11.7.